The number of amides is 1. The first kappa shape index (κ1) is 22.0. The Balaban J connectivity index is 1.67. The van der Waals surface area contributed by atoms with Gasteiger partial charge >= 0.3 is 0 Å². The lowest BCUT2D eigenvalue weighted by Gasteiger charge is -2.32. The number of hydrogen-bond donors (Lipinski definition) is 1. The van der Waals surface area contributed by atoms with Crippen molar-refractivity contribution in [3.8, 4) is 11.8 Å². The van der Waals surface area contributed by atoms with Gasteiger partial charge in [-0.2, -0.15) is 0 Å². The summed E-state index contributed by atoms with van der Waals surface area (Å²) >= 11 is 0. The molecule has 158 valence electrons. The molecule has 3 rings (SSSR count). The summed E-state index contributed by atoms with van der Waals surface area (Å²) in [5.41, 5.74) is 1.64. The number of rotatable bonds is 6. The molecule has 0 saturated carbocycles. The largest absolute Gasteiger partial charge is 0.285 e. The quantitative estimate of drug-likeness (QED) is 0.331. The number of piperidine rings is 1. The Bertz CT molecular complexity index is 1010. The SMILES string of the molecule is O=CN(O)C(C#Cc1ccccc1)CS(=O)(=O)N1CCC(c2ccc(F)cc2)CC1. The number of carbonyl (C=O) groups excluding carboxylic acids is 1. The van der Waals surface area contributed by atoms with Crippen LogP contribution in [0.1, 0.15) is 29.9 Å². The van der Waals surface area contributed by atoms with Crippen molar-refractivity contribution in [2.75, 3.05) is 18.8 Å². The number of sulfonamides is 1. The van der Waals surface area contributed by atoms with Crippen molar-refractivity contribution in [3.05, 3.63) is 71.5 Å². The Morgan fingerprint density at radius 1 is 1.13 bits per heavy atom. The second-order valence-corrected chi connectivity index (χ2v) is 9.15. The van der Waals surface area contributed by atoms with Gasteiger partial charge in [0, 0.05) is 18.7 Å². The third-order valence-electron chi connectivity index (χ3n) is 5.14. The van der Waals surface area contributed by atoms with Crippen LogP contribution in [-0.4, -0.2) is 54.3 Å². The molecule has 1 atom stereocenters. The third kappa shape index (κ3) is 5.66. The Morgan fingerprint density at radius 2 is 1.77 bits per heavy atom. The molecule has 1 aliphatic rings. The van der Waals surface area contributed by atoms with Crippen LogP contribution in [0.4, 0.5) is 4.39 Å². The Labute approximate surface area is 175 Å². The number of benzene rings is 2. The van der Waals surface area contributed by atoms with E-state index in [1.54, 1.807) is 36.4 Å². The Morgan fingerprint density at radius 3 is 2.37 bits per heavy atom. The Kier molecular flexibility index (Phi) is 7.21. The minimum absolute atomic E-state index is 0.153. The van der Waals surface area contributed by atoms with E-state index in [2.05, 4.69) is 11.8 Å². The predicted molar refractivity (Wildman–Crippen MR) is 111 cm³/mol. The minimum atomic E-state index is -3.74. The van der Waals surface area contributed by atoms with Gasteiger partial charge in [0.15, 0.2) is 0 Å². The van der Waals surface area contributed by atoms with E-state index in [0.29, 0.717) is 36.6 Å². The Hall–Kier alpha value is -2.73. The van der Waals surface area contributed by atoms with Crippen molar-refractivity contribution >= 4 is 16.4 Å². The van der Waals surface area contributed by atoms with Gasteiger partial charge in [0.05, 0.1) is 5.75 Å². The smallest absolute Gasteiger partial charge is 0.234 e. The molecule has 1 unspecified atom stereocenters. The van der Waals surface area contributed by atoms with Gasteiger partial charge in [-0.25, -0.2) is 22.2 Å². The fourth-order valence-corrected chi connectivity index (χ4v) is 5.07. The average Bonchev–Trinajstić information content (AvgIpc) is 2.77. The lowest BCUT2D eigenvalue weighted by molar-refractivity contribution is -0.153. The van der Waals surface area contributed by atoms with Crippen LogP contribution in [0.15, 0.2) is 54.6 Å². The first-order valence-electron chi connectivity index (χ1n) is 9.61. The third-order valence-corrected chi connectivity index (χ3v) is 7.03. The van der Waals surface area contributed by atoms with Gasteiger partial charge in [-0.15, -0.1) is 0 Å². The molecule has 0 aliphatic carbocycles. The van der Waals surface area contributed by atoms with E-state index in [4.69, 9.17) is 0 Å². The van der Waals surface area contributed by atoms with Crippen molar-refractivity contribution < 1.29 is 22.8 Å². The van der Waals surface area contributed by atoms with Crippen LogP contribution in [0.5, 0.6) is 0 Å². The monoisotopic (exact) mass is 430 g/mol. The van der Waals surface area contributed by atoms with E-state index in [9.17, 15) is 22.8 Å². The minimum Gasteiger partial charge on any atom is -0.285 e. The number of hydroxylamine groups is 2. The molecule has 1 saturated heterocycles. The maximum absolute atomic E-state index is 13.1. The second-order valence-electron chi connectivity index (χ2n) is 7.14. The molecule has 0 radical (unpaired) electrons. The summed E-state index contributed by atoms with van der Waals surface area (Å²) in [7, 11) is -3.74. The van der Waals surface area contributed by atoms with E-state index in [-0.39, 0.29) is 18.1 Å². The zero-order valence-electron chi connectivity index (χ0n) is 16.3. The van der Waals surface area contributed by atoms with Gasteiger partial charge in [-0.1, -0.05) is 42.2 Å². The van der Waals surface area contributed by atoms with Gasteiger partial charge in [0.1, 0.15) is 11.9 Å². The molecule has 8 heteroatoms. The normalized spacial score (nSPS) is 16.3. The van der Waals surface area contributed by atoms with E-state index < -0.39 is 21.8 Å². The molecule has 2 aromatic carbocycles. The topological polar surface area (TPSA) is 77.9 Å². The average molecular weight is 431 g/mol. The van der Waals surface area contributed by atoms with E-state index in [1.807, 2.05) is 6.07 Å². The van der Waals surface area contributed by atoms with Crippen LogP contribution in [0.2, 0.25) is 0 Å². The summed E-state index contributed by atoms with van der Waals surface area (Å²) in [6, 6.07) is 14.0. The summed E-state index contributed by atoms with van der Waals surface area (Å²) in [5.74, 6) is 4.83. The zero-order valence-corrected chi connectivity index (χ0v) is 17.1. The molecule has 0 bridgehead atoms. The van der Waals surface area contributed by atoms with Crippen molar-refractivity contribution in [2.45, 2.75) is 24.8 Å². The van der Waals surface area contributed by atoms with Crippen LogP contribution >= 0.6 is 0 Å². The summed E-state index contributed by atoms with van der Waals surface area (Å²) < 4.78 is 40.2. The fraction of sp³-hybridized carbons (Fsp3) is 0.318. The van der Waals surface area contributed by atoms with Crippen molar-refractivity contribution in [1.29, 1.82) is 0 Å². The van der Waals surface area contributed by atoms with Crippen molar-refractivity contribution in [2.24, 2.45) is 0 Å². The molecule has 0 spiro atoms. The van der Waals surface area contributed by atoms with Crippen LogP contribution in [0.3, 0.4) is 0 Å². The van der Waals surface area contributed by atoms with E-state index >= 15 is 0 Å². The standard InChI is InChI=1S/C22H23FN2O4S/c23-21-9-7-19(8-10-21)20-12-14-24(15-13-20)30(28,29)16-22(25(27)17-26)11-6-18-4-2-1-3-5-18/h1-5,7-10,17,20,22,27H,12-16H2. The second kappa shape index (κ2) is 9.85. The number of hydrogen-bond acceptors (Lipinski definition) is 4. The van der Waals surface area contributed by atoms with Gasteiger partial charge in [0.25, 0.3) is 0 Å². The highest BCUT2D eigenvalue weighted by atomic mass is 32.2. The fourth-order valence-electron chi connectivity index (χ4n) is 3.45. The molecule has 2 aromatic rings. The lowest BCUT2D eigenvalue weighted by atomic mass is 9.90. The maximum atomic E-state index is 13.1. The first-order valence-corrected chi connectivity index (χ1v) is 11.2. The highest BCUT2D eigenvalue weighted by Gasteiger charge is 2.32. The number of carbonyl (C=O) groups is 1. The molecule has 6 nitrogen and oxygen atoms in total. The van der Waals surface area contributed by atoms with Gasteiger partial charge < -0.3 is 0 Å². The van der Waals surface area contributed by atoms with Gasteiger partial charge in [0.2, 0.25) is 16.4 Å². The summed E-state index contributed by atoms with van der Waals surface area (Å²) in [6.45, 7) is 0.630. The van der Waals surface area contributed by atoms with Crippen LogP contribution < -0.4 is 0 Å². The lowest BCUT2D eigenvalue weighted by Crippen LogP contribution is -2.44. The van der Waals surface area contributed by atoms with Crippen molar-refractivity contribution in [3.63, 3.8) is 0 Å². The molecule has 1 aliphatic heterocycles. The highest BCUT2D eigenvalue weighted by Crippen LogP contribution is 2.29. The molecular weight excluding hydrogens is 407 g/mol. The summed E-state index contributed by atoms with van der Waals surface area (Å²) in [4.78, 5) is 11.0. The molecule has 1 heterocycles. The van der Waals surface area contributed by atoms with Crippen LogP contribution in [-0.2, 0) is 14.8 Å². The van der Waals surface area contributed by atoms with Crippen LogP contribution in [0.25, 0.3) is 0 Å². The molecule has 1 N–H and O–H groups in total. The van der Waals surface area contributed by atoms with E-state index in [1.165, 1.54) is 16.4 Å². The molecular formula is C22H23FN2O4S. The molecule has 30 heavy (non-hydrogen) atoms. The number of halogens is 1. The predicted octanol–water partition coefficient (Wildman–Crippen LogP) is 2.60. The van der Waals surface area contributed by atoms with Crippen LogP contribution in [0, 0.1) is 17.7 Å². The highest BCUT2D eigenvalue weighted by molar-refractivity contribution is 7.89. The van der Waals surface area contributed by atoms with E-state index in [0.717, 1.165) is 5.56 Å². The molecule has 0 aromatic heterocycles. The zero-order chi connectivity index (χ0) is 21.6. The van der Waals surface area contributed by atoms with Gasteiger partial charge in [-0.05, 0) is 48.6 Å². The molecule has 1 fully saturated rings. The van der Waals surface area contributed by atoms with Gasteiger partial charge in [-0.3, -0.25) is 10.0 Å². The molecule has 1 amide bonds. The number of nitrogens with zero attached hydrogens (tertiary/aromatic N) is 2. The summed E-state index contributed by atoms with van der Waals surface area (Å²) in [5, 5.41) is 10.1. The maximum Gasteiger partial charge on any atom is 0.234 e. The van der Waals surface area contributed by atoms with Crippen molar-refractivity contribution in [1.82, 2.24) is 9.37 Å². The summed E-state index contributed by atoms with van der Waals surface area (Å²) in [6.07, 6.45) is 1.38. The first-order chi connectivity index (χ1) is 14.4.